The molecule has 3 heterocycles. The summed E-state index contributed by atoms with van der Waals surface area (Å²) in [6.07, 6.45) is 4.27. The maximum atomic E-state index is 12.3. The van der Waals surface area contributed by atoms with Crippen LogP contribution in [0.25, 0.3) is 0 Å². The maximum Gasteiger partial charge on any atom is 0.223 e. The molecule has 1 saturated carbocycles. The quantitative estimate of drug-likeness (QED) is 0.858. The van der Waals surface area contributed by atoms with Gasteiger partial charge in [-0.1, -0.05) is 0 Å². The van der Waals surface area contributed by atoms with Crippen LogP contribution in [0.3, 0.4) is 0 Å². The molecule has 2 amide bonds. The molecular formula is C17H22N2O2S. The summed E-state index contributed by atoms with van der Waals surface area (Å²) in [5.74, 6) is 1.81. The third-order valence-electron chi connectivity index (χ3n) is 5.55. The van der Waals surface area contributed by atoms with Gasteiger partial charge in [0, 0.05) is 43.9 Å². The minimum atomic E-state index is 0.132. The van der Waals surface area contributed by atoms with E-state index in [1.54, 1.807) is 11.3 Å². The first-order valence-corrected chi connectivity index (χ1v) is 9.19. The second-order valence-electron chi connectivity index (χ2n) is 6.83. The standard InChI is InChI=1S/C17H22N2O2S/c20-16(18-7-5-15-14(11-18)6-8-22-15)3-4-17(21)19-9-12-1-2-13(12)10-19/h6,8,12-13H,1-5,7,9-11H2/t12-,13+. The Balaban J connectivity index is 1.27. The van der Waals surface area contributed by atoms with Crippen molar-refractivity contribution < 1.29 is 9.59 Å². The summed E-state index contributed by atoms with van der Waals surface area (Å²) in [6.45, 7) is 3.38. The number of likely N-dealkylation sites (tertiary alicyclic amines) is 1. The van der Waals surface area contributed by atoms with Crippen molar-refractivity contribution in [2.24, 2.45) is 11.8 Å². The fraction of sp³-hybridized carbons (Fsp3) is 0.647. The second-order valence-corrected chi connectivity index (χ2v) is 7.83. The van der Waals surface area contributed by atoms with Gasteiger partial charge in [0.2, 0.25) is 11.8 Å². The van der Waals surface area contributed by atoms with Gasteiger partial charge in [-0.2, -0.15) is 0 Å². The average molecular weight is 318 g/mol. The van der Waals surface area contributed by atoms with Crippen LogP contribution < -0.4 is 0 Å². The molecule has 0 spiro atoms. The zero-order valence-electron chi connectivity index (χ0n) is 12.8. The summed E-state index contributed by atoms with van der Waals surface area (Å²) in [5, 5.41) is 2.10. The number of hydrogen-bond donors (Lipinski definition) is 0. The van der Waals surface area contributed by atoms with Crippen LogP contribution in [-0.2, 0) is 22.6 Å². The molecule has 0 radical (unpaired) electrons. The van der Waals surface area contributed by atoms with E-state index in [-0.39, 0.29) is 11.8 Å². The molecule has 4 rings (SSSR count). The summed E-state index contributed by atoms with van der Waals surface area (Å²) in [4.78, 5) is 29.9. The third-order valence-corrected chi connectivity index (χ3v) is 6.57. The number of carbonyl (C=O) groups is 2. The number of carbonyl (C=O) groups excluding carboxylic acids is 2. The monoisotopic (exact) mass is 318 g/mol. The molecule has 1 aliphatic carbocycles. The fourth-order valence-electron chi connectivity index (χ4n) is 3.95. The van der Waals surface area contributed by atoms with Gasteiger partial charge in [-0.25, -0.2) is 0 Å². The molecule has 4 nitrogen and oxygen atoms in total. The van der Waals surface area contributed by atoms with E-state index in [1.165, 1.54) is 23.3 Å². The minimum absolute atomic E-state index is 0.132. The Hall–Kier alpha value is -1.36. The molecule has 2 fully saturated rings. The van der Waals surface area contributed by atoms with Crippen molar-refractivity contribution in [2.75, 3.05) is 19.6 Å². The summed E-state index contributed by atoms with van der Waals surface area (Å²) >= 11 is 1.78. The smallest absolute Gasteiger partial charge is 0.223 e. The van der Waals surface area contributed by atoms with Crippen molar-refractivity contribution >= 4 is 23.2 Å². The minimum Gasteiger partial charge on any atom is -0.342 e. The topological polar surface area (TPSA) is 40.6 Å². The molecule has 118 valence electrons. The predicted molar refractivity (Wildman–Crippen MR) is 85.5 cm³/mol. The van der Waals surface area contributed by atoms with E-state index in [0.29, 0.717) is 12.8 Å². The van der Waals surface area contributed by atoms with Gasteiger partial charge in [0.15, 0.2) is 0 Å². The van der Waals surface area contributed by atoms with Gasteiger partial charge in [0.1, 0.15) is 0 Å². The van der Waals surface area contributed by atoms with Gasteiger partial charge in [0.25, 0.3) is 0 Å². The van der Waals surface area contributed by atoms with Crippen LogP contribution in [0.15, 0.2) is 11.4 Å². The number of thiophene rings is 1. The highest BCUT2D eigenvalue weighted by molar-refractivity contribution is 7.10. The molecule has 0 unspecified atom stereocenters. The molecule has 5 heteroatoms. The Kier molecular flexibility index (Phi) is 3.68. The Morgan fingerprint density at radius 1 is 1.09 bits per heavy atom. The summed E-state index contributed by atoms with van der Waals surface area (Å²) in [5.41, 5.74) is 1.28. The number of fused-ring (bicyclic) bond motifs is 2. The van der Waals surface area contributed by atoms with Crippen molar-refractivity contribution in [3.8, 4) is 0 Å². The van der Waals surface area contributed by atoms with Crippen LogP contribution >= 0.6 is 11.3 Å². The number of nitrogens with zero attached hydrogens (tertiary/aromatic N) is 2. The Morgan fingerprint density at radius 3 is 2.45 bits per heavy atom. The molecule has 2 aliphatic heterocycles. The lowest BCUT2D eigenvalue weighted by atomic mass is 9.77. The first kappa shape index (κ1) is 14.2. The van der Waals surface area contributed by atoms with Crippen molar-refractivity contribution in [3.63, 3.8) is 0 Å². The van der Waals surface area contributed by atoms with Gasteiger partial charge < -0.3 is 9.80 Å². The van der Waals surface area contributed by atoms with E-state index < -0.39 is 0 Å². The average Bonchev–Trinajstić information content (AvgIpc) is 3.08. The van der Waals surface area contributed by atoms with Crippen LogP contribution in [0.2, 0.25) is 0 Å². The van der Waals surface area contributed by atoms with Crippen molar-refractivity contribution in [2.45, 2.75) is 38.6 Å². The van der Waals surface area contributed by atoms with Crippen LogP contribution in [0.5, 0.6) is 0 Å². The molecule has 1 saturated heterocycles. The molecule has 1 aromatic rings. The number of hydrogen-bond acceptors (Lipinski definition) is 3. The van der Waals surface area contributed by atoms with Gasteiger partial charge >= 0.3 is 0 Å². The highest BCUT2D eigenvalue weighted by Crippen LogP contribution is 2.40. The maximum absolute atomic E-state index is 12.3. The second kappa shape index (κ2) is 5.69. The Labute approximate surface area is 135 Å². The highest BCUT2D eigenvalue weighted by atomic mass is 32.1. The SMILES string of the molecule is O=C(CCC(=O)N1C[C@H]2CC[C@H]2C1)N1CCc2sccc2C1. The Morgan fingerprint density at radius 2 is 1.77 bits per heavy atom. The third kappa shape index (κ3) is 2.56. The van der Waals surface area contributed by atoms with Gasteiger partial charge in [0.05, 0.1) is 0 Å². The summed E-state index contributed by atoms with van der Waals surface area (Å²) in [7, 11) is 0. The van der Waals surface area contributed by atoms with Crippen LogP contribution in [0.4, 0.5) is 0 Å². The lowest BCUT2D eigenvalue weighted by Gasteiger charge is -2.27. The number of rotatable bonds is 3. The van der Waals surface area contributed by atoms with E-state index in [2.05, 4.69) is 11.4 Å². The molecule has 3 aliphatic rings. The normalized spacial score (nSPS) is 26.4. The lowest BCUT2D eigenvalue weighted by molar-refractivity contribution is -0.137. The first-order chi connectivity index (χ1) is 10.7. The summed E-state index contributed by atoms with van der Waals surface area (Å²) < 4.78 is 0. The molecule has 1 aromatic heterocycles. The van der Waals surface area contributed by atoms with E-state index in [0.717, 1.165) is 44.4 Å². The Bertz CT molecular complexity index is 585. The predicted octanol–water partition coefficient (Wildman–Crippen LogP) is 2.28. The zero-order valence-corrected chi connectivity index (χ0v) is 13.6. The summed E-state index contributed by atoms with van der Waals surface area (Å²) in [6, 6.07) is 2.12. The zero-order chi connectivity index (χ0) is 15.1. The lowest BCUT2D eigenvalue weighted by Crippen LogP contribution is -2.36. The van der Waals surface area contributed by atoms with Crippen LogP contribution in [0.1, 0.15) is 36.1 Å². The van der Waals surface area contributed by atoms with Crippen LogP contribution in [-0.4, -0.2) is 41.2 Å². The molecule has 2 atom stereocenters. The van der Waals surface area contributed by atoms with E-state index in [4.69, 9.17) is 0 Å². The van der Waals surface area contributed by atoms with Gasteiger partial charge in [-0.15, -0.1) is 11.3 Å². The molecule has 0 N–H and O–H groups in total. The van der Waals surface area contributed by atoms with Crippen LogP contribution in [0, 0.1) is 11.8 Å². The van der Waals surface area contributed by atoms with E-state index in [1.807, 2.05) is 9.80 Å². The first-order valence-electron chi connectivity index (χ1n) is 8.31. The van der Waals surface area contributed by atoms with Crippen molar-refractivity contribution in [3.05, 3.63) is 21.9 Å². The molecule has 0 aromatic carbocycles. The molecule has 0 bridgehead atoms. The molecule has 22 heavy (non-hydrogen) atoms. The van der Waals surface area contributed by atoms with Gasteiger partial charge in [-0.3, -0.25) is 9.59 Å². The van der Waals surface area contributed by atoms with Crippen molar-refractivity contribution in [1.82, 2.24) is 9.80 Å². The van der Waals surface area contributed by atoms with Crippen molar-refractivity contribution in [1.29, 1.82) is 0 Å². The number of amides is 2. The largest absolute Gasteiger partial charge is 0.342 e. The highest BCUT2D eigenvalue weighted by Gasteiger charge is 2.40. The molecular weight excluding hydrogens is 296 g/mol. The van der Waals surface area contributed by atoms with E-state index >= 15 is 0 Å². The fourth-order valence-corrected chi connectivity index (χ4v) is 4.84. The van der Waals surface area contributed by atoms with E-state index in [9.17, 15) is 9.59 Å². The van der Waals surface area contributed by atoms with Gasteiger partial charge in [-0.05, 0) is 48.1 Å².